The molecule has 0 radical (unpaired) electrons. The van der Waals surface area contributed by atoms with Crippen molar-refractivity contribution in [2.45, 2.75) is 31.8 Å². The van der Waals surface area contributed by atoms with Crippen LogP contribution < -0.4 is 0 Å². The minimum absolute atomic E-state index is 0.00712. The molecule has 19 heavy (non-hydrogen) atoms. The largest absolute Gasteiger partial charge is 0.476 e. The summed E-state index contributed by atoms with van der Waals surface area (Å²) in [6, 6.07) is 2.18. The van der Waals surface area contributed by atoms with Gasteiger partial charge in [-0.25, -0.2) is 4.79 Å². The standard InChI is InChI=1S/C13H19N3O3/c17-13(18)12-7-11(19-14-12)9-15-4-2-6-16-5-1-3-10(16)8-15/h7,10H,1-6,8-9H2,(H,17,18). The van der Waals surface area contributed by atoms with Crippen LogP contribution >= 0.6 is 0 Å². The molecule has 6 nitrogen and oxygen atoms in total. The number of hydrogen-bond donors (Lipinski definition) is 1. The van der Waals surface area contributed by atoms with E-state index in [1.165, 1.54) is 32.0 Å². The van der Waals surface area contributed by atoms with E-state index in [9.17, 15) is 4.79 Å². The fraction of sp³-hybridized carbons (Fsp3) is 0.692. The van der Waals surface area contributed by atoms with Crippen LogP contribution in [0.4, 0.5) is 0 Å². The van der Waals surface area contributed by atoms with E-state index in [1.54, 1.807) is 0 Å². The molecule has 6 heteroatoms. The van der Waals surface area contributed by atoms with Gasteiger partial charge >= 0.3 is 5.97 Å². The molecular weight excluding hydrogens is 246 g/mol. The average molecular weight is 265 g/mol. The molecule has 0 aromatic carbocycles. The molecule has 3 heterocycles. The maximum absolute atomic E-state index is 10.8. The molecule has 3 rings (SSSR count). The Labute approximate surface area is 112 Å². The maximum atomic E-state index is 10.8. The van der Waals surface area contributed by atoms with Gasteiger partial charge in [0.2, 0.25) is 0 Å². The first-order valence-electron chi connectivity index (χ1n) is 6.87. The highest BCUT2D eigenvalue weighted by atomic mass is 16.5. The van der Waals surface area contributed by atoms with E-state index in [1.807, 2.05) is 0 Å². The number of aromatic nitrogens is 1. The third kappa shape index (κ3) is 2.79. The number of carboxylic acid groups (broad SMARTS) is 1. The van der Waals surface area contributed by atoms with Crippen molar-refractivity contribution in [3.05, 3.63) is 17.5 Å². The lowest BCUT2D eigenvalue weighted by Crippen LogP contribution is -2.36. The molecule has 0 saturated carbocycles. The number of carbonyl (C=O) groups is 1. The lowest BCUT2D eigenvalue weighted by atomic mass is 10.2. The van der Waals surface area contributed by atoms with Gasteiger partial charge in [-0.15, -0.1) is 0 Å². The van der Waals surface area contributed by atoms with Gasteiger partial charge < -0.3 is 9.63 Å². The lowest BCUT2D eigenvalue weighted by Gasteiger charge is -2.24. The number of nitrogens with zero attached hydrogens (tertiary/aromatic N) is 3. The van der Waals surface area contributed by atoms with Crippen molar-refractivity contribution in [3.63, 3.8) is 0 Å². The lowest BCUT2D eigenvalue weighted by molar-refractivity contribution is 0.0685. The number of hydrogen-bond acceptors (Lipinski definition) is 5. The molecular formula is C13H19N3O3. The fourth-order valence-corrected chi connectivity index (χ4v) is 3.14. The van der Waals surface area contributed by atoms with Crippen molar-refractivity contribution in [1.82, 2.24) is 15.0 Å². The minimum Gasteiger partial charge on any atom is -0.476 e. The van der Waals surface area contributed by atoms with Crippen LogP contribution in [0.15, 0.2) is 10.6 Å². The zero-order chi connectivity index (χ0) is 13.2. The van der Waals surface area contributed by atoms with E-state index in [4.69, 9.17) is 9.63 Å². The molecule has 0 bridgehead atoms. The molecule has 0 spiro atoms. The second-order valence-electron chi connectivity index (χ2n) is 5.40. The maximum Gasteiger partial charge on any atom is 0.358 e. The van der Waals surface area contributed by atoms with Gasteiger partial charge in [0, 0.05) is 18.7 Å². The van der Waals surface area contributed by atoms with Gasteiger partial charge in [-0.05, 0) is 38.9 Å². The van der Waals surface area contributed by atoms with E-state index in [0.29, 0.717) is 18.3 Å². The second-order valence-corrected chi connectivity index (χ2v) is 5.40. The van der Waals surface area contributed by atoms with Crippen LogP contribution in [0, 0.1) is 0 Å². The molecule has 1 aromatic heterocycles. The summed E-state index contributed by atoms with van der Waals surface area (Å²) in [5.41, 5.74) is -0.00712. The van der Waals surface area contributed by atoms with Crippen molar-refractivity contribution in [2.75, 3.05) is 26.2 Å². The molecule has 0 aliphatic carbocycles. The van der Waals surface area contributed by atoms with Gasteiger partial charge in [0.15, 0.2) is 11.5 Å². The highest BCUT2D eigenvalue weighted by molar-refractivity contribution is 5.85. The zero-order valence-electron chi connectivity index (χ0n) is 10.9. The van der Waals surface area contributed by atoms with Gasteiger partial charge in [-0.2, -0.15) is 0 Å². The van der Waals surface area contributed by atoms with Crippen molar-refractivity contribution < 1.29 is 14.4 Å². The van der Waals surface area contributed by atoms with E-state index in [0.717, 1.165) is 19.5 Å². The summed E-state index contributed by atoms with van der Waals surface area (Å²) in [6.07, 6.45) is 3.73. The molecule has 1 N–H and O–H groups in total. The first-order chi connectivity index (χ1) is 9.22. The van der Waals surface area contributed by atoms with Gasteiger partial charge in [-0.1, -0.05) is 5.16 Å². The molecule has 2 saturated heterocycles. The van der Waals surface area contributed by atoms with Crippen LogP contribution in [0.3, 0.4) is 0 Å². The monoisotopic (exact) mass is 265 g/mol. The predicted octanol–water partition coefficient (Wildman–Crippen LogP) is 1.04. The van der Waals surface area contributed by atoms with Gasteiger partial charge in [0.1, 0.15) is 0 Å². The number of fused-ring (bicyclic) bond motifs is 1. The molecule has 2 aliphatic heterocycles. The Balaban J connectivity index is 1.63. The summed E-state index contributed by atoms with van der Waals surface area (Å²) < 4.78 is 5.09. The molecule has 0 amide bonds. The third-order valence-electron chi connectivity index (χ3n) is 4.05. The van der Waals surface area contributed by atoms with Crippen LogP contribution in [-0.4, -0.2) is 58.3 Å². The predicted molar refractivity (Wildman–Crippen MR) is 68.0 cm³/mol. The highest BCUT2D eigenvalue weighted by Gasteiger charge is 2.29. The Morgan fingerprint density at radius 1 is 1.42 bits per heavy atom. The normalized spacial score (nSPS) is 25.2. The topological polar surface area (TPSA) is 69.8 Å². The second kappa shape index (κ2) is 5.30. The molecule has 2 fully saturated rings. The third-order valence-corrected chi connectivity index (χ3v) is 4.05. The summed E-state index contributed by atoms with van der Waals surface area (Å²) in [5, 5.41) is 12.4. The highest BCUT2D eigenvalue weighted by Crippen LogP contribution is 2.22. The number of carboxylic acids is 1. The zero-order valence-corrected chi connectivity index (χ0v) is 10.9. The fourth-order valence-electron chi connectivity index (χ4n) is 3.14. The number of aromatic carboxylic acids is 1. The summed E-state index contributed by atoms with van der Waals surface area (Å²) in [6.45, 7) is 5.14. The van der Waals surface area contributed by atoms with Crippen LogP contribution in [0.25, 0.3) is 0 Å². The molecule has 104 valence electrons. The van der Waals surface area contributed by atoms with Gasteiger partial charge in [0.05, 0.1) is 6.54 Å². The molecule has 1 atom stereocenters. The molecule has 1 unspecified atom stereocenters. The minimum atomic E-state index is -1.03. The first-order valence-corrected chi connectivity index (χ1v) is 6.87. The van der Waals surface area contributed by atoms with Crippen LogP contribution in [-0.2, 0) is 6.54 Å². The van der Waals surface area contributed by atoms with Crippen molar-refractivity contribution in [1.29, 1.82) is 0 Å². The summed E-state index contributed by atoms with van der Waals surface area (Å²) in [5.74, 6) is -0.392. The summed E-state index contributed by atoms with van der Waals surface area (Å²) >= 11 is 0. The smallest absolute Gasteiger partial charge is 0.358 e. The van der Waals surface area contributed by atoms with E-state index in [2.05, 4.69) is 15.0 Å². The van der Waals surface area contributed by atoms with Gasteiger partial charge in [0.25, 0.3) is 0 Å². The molecule has 2 aliphatic rings. The Kier molecular flexibility index (Phi) is 3.52. The number of rotatable bonds is 3. The van der Waals surface area contributed by atoms with E-state index < -0.39 is 5.97 Å². The average Bonchev–Trinajstić information content (AvgIpc) is 2.96. The van der Waals surface area contributed by atoms with Crippen LogP contribution in [0.5, 0.6) is 0 Å². The SMILES string of the molecule is O=C(O)c1cc(CN2CCCN3CCCC3C2)on1. The Morgan fingerprint density at radius 3 is 3.05 bits per heavy atom. The van der Waals surface area contributed by atoms with E-state index in [-0.39, 0.29) is 5.69 Å². The Bertz CT molecular complexity index is 460. The van der Waals surface area contributed by atoms with Crippen molar-refractivity contribution >= 4 is 5.97 Å². The van der Waals surface area contributed by atoms with E-state index >= 15 is 0 Å². The van der Waals surface area contributed by atoms with Crippen molar-refractivity contribution in [2.24, 2.45) is 0 Å². The Hall–Kier alpha value is -1.40. The van der Waals surface area contributed by atoms with Crippen LogP contribution in [0.2, 0.25) is 0 Å². The van der Waals surface area contributed by atoms with Crippen LogP contribution in [0.1, 0.15) is 35.5 Å². The quantitative estimate of drug-likeness (QED) is 0.880. The van der Waals surface area contributed by atoms with Gasteiger partial charge in [-0.3, -0.25) is 9.80 Å². The Morgan fingerprint density at radius 2 is 2.26 bits per heavy atom. The summed E-state index contributed by atoms with van der Waals surface area (Å²) in [7, 11) is 0. The first kappa shape index (κ1) is 12.6. The molecule has 1 aromatic rings. The van der Waals surface area contributed by atoms with Crippen molar-refractivity contribution in [3.8, 4) is 0 Å². The summed E-state index contributed by atoms with van der Waals surface area (Å²) in [4.78, 5) is 15.7.